The predicted molar refractivity (Wildman–Crippen MR) is 104 cm³/mol. The normalized spacial score (nSPS) is 14.0. The monoisotopic (exact) mass is 378 g/mol. The van der Waals surface area contributed by atoms with Crippen LogP contribution in [0.25, 0.3) is 0 Å². The van der Waals surface area contributed by atoms with Crippen molar-refractivity contribution in [3.8, 4) is 0 Å². The van der Waals surface area contributed by atoms with Crippen molar-refractivity contribution in [2.24, 2.45) is 0 Å². The third-order valence-electron chi connectivity index (χ3n) is 3.85. The van der Waals surface area contributed by atoms with Crippen molar-refractivity contribution < 1.29 is 18.5 Å². The minimum Gasteiger partial charge on any atom is -0.362 e. The Morgan fingerprint density at radius 1 is 0.920 bits per heavy atom. The fourth-order valence-corrected chi connectivity index (χ4v) is 3.04. The minimum atomic E-state index is -3.79. The van der Waals surface area contributed by atoms with Crippen molar-refractivity contribution in [2.75, 3.05) is 33.5 Å². The molecule has 0 radical (unpaired) electrons. The molecule has 0 amide bonds. The molecule has 0 fully saturated rings. The molecule has 150 valence electrons. The first-order valence-electron chi connectivity index (χ1n) is 9.69. The van der Waals surface area contributed by atoms with E-state index in [2.05, 4.69) is 50.0 Å². The molecule has 0 aromatic rings. The zero-order chi connectivity index (χ0) is 19.0. The lowest BCUT2D eigenvalue weighted by molar-refractivity contribution is 0.145. The molecule has 6 nitrogen and oxygen atoms in total. The van der Waals surface area contributed by atoms with Crippen LogP contribution in [0.3, 0.4) is 0 Å². The molecule has 1 rings (SSSR count). The Morgan fingerprint density at radius 3 is 1.76 bits per heavy atom. The van der Waals surface area contributed by atoms with Crippen LogP contribution in [0.4, 0.5) is 0 Å². The lowest BCUT2D eigenvalue weighted by Gasteiger charge is -2.14. The molecular formula is C18H39N2O4P. The fourth-order valence-electron chi connectivity index (χ4n) is 2.25. The van der Waals surface area contributed by atoms with E-state index in [0.717, 1.165) is 64.6 Å². The number of hydrogen-bond acceptors (Lipinski definition) is 5. The highest BCUT2D eigenvalue weighted by Crippen LogP contribution is 2.43. The molecule has 0 unspecified atom stereocenters. The zero-order valence-electron chi connectivity index (χ0n) is 16.7. The molecule has 25 heavy (non-hydrogen) atoms. The molecule has 0 saturated carbocycles. The van der Waals surface area contributed by atoms with Crippen molar-refractivity contribution >= 4 is 7.82 Å². The lowest BCUT2D eigenvalue weighted by atomic mass is 10.2. The highest BCUT2D eigenvalue weighted by Gasteiger charge is 2.19. The molecule has 1 N–H and O–H groups in total. The fraction of sp³-hybridized carbons (Fsp3) is 0.889. The second-order valence-corrected chi connectivity index (χ2v) is 7.81. The van der Waals surface area contributed by atoms with Gasteiger partial charge < -0.3 is 14.7 Å². The van der Waals surface area contributed by atoms with Gasteiger partial charge in [0.2, 0.25) is 0 Å². The van der Waals surface area contributed by atoms with E-state index < -0.39 is 7.82 Å². The maximum atomic E-state index is 11.4. The second kappa shape index (κ2) is 15.7. The van der Waals surface area contributed by atoms with Gasteiger partial charge >= 0.3 is 7.82 Å². The Morgan fingerprint density at radius 2 is 1.44 bits per heavy atom. The Balaban J connectivity index is 0.000000593. The van der Waals surface area contributed by atoms with Gasteiger partial charge in [-0.05, 0) is 19.8 Å². The Hall–Kier alpha value is -0.550. The van der Waals surface area contributed by atoms with Crippen molar-refractivity contribution in [1.82, 2.24) is 9.80 Å². The Kier molecular flexibility index (Phi) is 15.3. The van der Waals surface area contributed by atoms with Crippen molar-refractivity contribution in [2.45, 2.75) is 72.1 Å². The van der Waals surface area contributed by atoms with Crippen LogP contribution in [-0.4, -0.2) is 48.2 Å². The third-order valence-corrected chi connectivity index (χ3v) is 4.87. The summed E-state index contributed by atoms with van der Waals surface area (Å²) >= 11 is 0. The molecule has 7 heteroatoms. The minimum absolute atomic E-state index is 0.308. The Labute approximate surface area is 154 Å². The predicted octanol–water partition coefficient (Wildman–Crippen LogP) is 4.96. The standard InChI is InChI=1S/C12H27O4P.C6H12N2/c1-3-5-7-9-11-15-17(13,14)16-12-10-8-6-4-2;1-3-8-5-4-7(2)6-8/h3-12H2,1-2H3,(H,13,14);4-5H,3,6H2,1-2H3. The zero-order valence-corrected chi connectivity index (χ0v) is 17.5. The molecule has 1 aliphatic rings. The highest BCUT2D eigenvalue weighted by atomic mass is 31.2. The molecule has 0 bridgehead atoms. The van der Waals surface area contributed by atoms with E-state index in [4.69, 9.17) is 9.05 Å². The molecule has 1 aliphatic heterocycles. The Bertz CT molecular complexity index is 362. The van der Waals surface area contributed by atoms with Gasteiger partial charge in [0.1, 0.15) is 0 Å². The van der Waals surface area contributed by atoms with Crippen LogP contribution >= 0.6 is 7.82 Å². The molecule has 0 aromatic heterocycles. The van der Waals surface area contributed by atoms with Gasteiger partial charge in [-0.1, -0.05) is 52.4 Å². The topological polar surface area (TPSA) is 62.2 Å². The molecule has 0 aliphatic carbocycles. The summed E-state index contributed by atoms with van der Waals surface area (Å²) in [5, 5.41) is 0. The van der Waals surface area contributed by atoms with E-state index >= 15 is 0 Å². The highest BCUT2D eigenvalue weighted by molar-refractivity contribution is 7.47. The molecule has 0 atom stereocenters. The number of phosphoric acid groups is 1. The second-order valence-electron chi connectivity index (χ2n) is 6.36. The van der Waals surface area contributed by atoms with Gasteiger partial charge in [-0.25, -0.2) is 4.57 Å². The first-order valence-corrected chi connectivity index (χ1v) is 11.2. The lowest BCUT2D eigenvalue weighted by Crippen LogP contribution is -2.21. The summed E-state index contributed by atoms with van der Waals surface area (Å²) in [6.45, 7) is 9.18. The number of rotatable bonds is 13. The van der Waals surface area contributed by atoms with E-state index in [1.807, 2.05) is 0 Å². The van der Waals surface area contributed by atoms with Gasteiger partial charge in [-0.3, -0.25) is 9.05 Å². The third kappa shape index (κ3) is 15.4. The van der Waals surface area contributed by atoms with E-state index in [0.29, 0.717) is 13.2 Å². The van der Waals surface area contributed by atoms with E-state index in [-0.39, 0.29) is 0 Å². The van der Waals surface area contributed by atoms with Crippen LogP contribution < -0.4 is 0 Å². The first kappa shape index (κ1) is 24.5. The van der Waals surface area contributed by atoms with Gasteiger partial charge in [0.15, 0.2) is 0 Å². The van der Waals surface area contributed by atoms with Gasteiger partial charge in [0.25, 0.3) is 0 Å². The number of nitrogens with zero attached hydrogens (tertiary/aromatic N) is 2. The molecular weight excluding hydrogens is 339 g/mol. The summed E-state index contributed by atoms with van der Waals surface area (Å²) in [5.41, 5.74) is 0. The van der Waals surface area contributed by atoms with Crippen molar-refractivity contribution in [1.29, 1.82) is 0 Å². The van der Waals surface area contributed by atoms with E-state index in [1.165, 1.54) is 0 Å². The SMILES string of the molecule is CCCCCCOP(=O)(O)OCCCCCC.CCN1C=CN(C)C1. The maximum absolute atomic E-state index is 11.4. The average Bonchev–Trinajstić information content (AvgIpc) is 3.00. The van der Waals surface area contributed by atoms with Crippen LogP contribution in [0.5, 0.6) is 0 Å². The molecule has 0 saturated heterocycles. The molecule has 0 spiro atoms. The summed E-state index contributed by atoms with van der Waals surface area (Å²) in [6, 6.07) is 0. The largest absolute Gasteiger partial charge is 0.472 e. The summed E-state index contributed by atoms with van der Waals surface area (Å²) < 4.78 is 21.1. The number of phosphoric ester groups is 1. The summed E-state index contributed by atoms with van der Waals surface area (Å²) in [7, 11) is -1.71. The number of hydrogen-bond donors (Lipinski definition) is 1. The summed E-state index contributed by atoms with van der Waals surface area (Å²) in [4.78, 5) is 13.7. The van der Waals surface area contributed by atoms with Crippen molar-refractivity contribution in [3.63, 3.8) is 0 Å². The van der Waals surface area contributed by atoms with E-state index in [1.54, 1.807) is 0 Å². The quantitative estimate of drug-likeness (QED) is 0.361. The van der Waals surface area contributed by atoms with E-state index in [9.17, 15) is 9.46 Å². The average molecular weight is 378 g/mol. The maximum Gasteiger partial charge on any atom is 0.472 e. The summed E-state index contributed by atoms with van der Waals surface area (Å²) in [6.07, 6.45) is 12.5. The summed E-state index contributed by atoms with van der Waals surface area (Å²) in [5.74, 6) is 0. The van der Waals surface area contributed by atoms with Gasteiger partial charge in [-0.2, -0.15) is 0 Å². The first-order chi connectivity index (χ1) is 11.9. The van der Waals surface area contributed by atoms with Crippen LogP contribution in [0.15, 0.2) is 12.4 Å². The molecule has 1 heterocycles. The van der Waals surface area contributed by atoms with Crippen LogP contribution in [0.2, 0.25) is 0 Å². The number of unbranched alkanes of at least 4 members (excludes halogenated alkanes) is 6. The smallest absolute Gasteiger partial charge is 0.362 e. The van der Waals surface area contributed by atoms with Crippen molar-refractivity contribution in [3.05, 3.63) is 12.4 Å². The van der Waals surface area contributed by atoms with Crippen LogP contribution in [-0.2, 0) is 13.6 Å². The van der Waals surface area contributed by atoms with Gasteiger partial charge in [-0.15, -0.1) is 0 Å². The van der Waals surface area contributed by atoms with Crippen LogP contribution in [0, 0.1) is 0 Å². The van der Waals surface area contributed by atoms with Crippen LogP contribution in [0.1, 0.15) is 72.1 Å². The van der Waals surface area contributed by atoms with Gasteiger partial charge in [0, 0.05) is 26.0 Å². The molecule has 0 aromatic carbocycles. The van der Waals surface area contributed by atoms with Gasteiger partial charge in [0.05, 0.1) is 19.9 Å².